The Hall–Kier alpha value is -2.88. The SMILES string of the molecule is CCSc1ccc(-c2nn(-c3ccccc3)cc2/C=C2\SC(=S)N(CCCC(=O)[O-])C2=O)cc1. The van der Waals surface area contributed by atoms with E-state index in [0.29, 0.717) is 15.6 Å². The minimum atomic E-state index is -1.14. The summed E-state index contributed by atoms with van der Waals surface area (Å²) < 4.78 is 2.23. The van der Waals surface area contributed by atoms with Gasteiger partial charge in [-0.2, -0.15) is 5.10 Å². The minimum absolute atomic E-state index is 0.115. The molecule has 174 valence electrons. The van der Waals surface area contributed by atoms with Crippen LogP contribution < -0.4 is 5.11 Å². The molecule has 0 unspecified atom stereocenters. The van der Waals surface area contributed by atoms with Crippen LogP contribution in [0.5, 0.6) is 0 Å². The molecular weight excluding hydrogens is 486 g/mol. The second-order valence-corrected chi connectivity index (χ2v) is 10.5. The van der Waals surface area contributed by atoms with Crippen molar-refractivity contribution < 1.29 is 14.7 Å². The van der Waals surface area contributed by atoms with Crippen molar-refractivity contribution in [1.82, 2.24) is 14.7 Å². The summed E-state index contributed by atoms with van der Waals surface area (Å²) in [5.74, 6) is -0.360. The molecule has 4 rings (SSSR count). The number of aliphatic carboxylic acids is 1. The zero-order valence-electron chi connectivity index (χ0n) is 18.5. The Balaban J connectivity index is 1.68. The summed E-state index contributed by atoms with van der Waals surface area (Å²) in [6.07, 6.45) is 3.90. The zero-order valence-corrected chi connectivity index (χ0v) is 20.9. The molecule has 2 heterocycles. The Morgan fingerprint density at radius 3 is 2.59 bits per heavy atom. The van der Waals surface area contributed by atoms with Gasteiger partial charge in [0.1, 0.15) is 4.32 Å². The topological polar surface area (TPSA) is 78.3 Å². The van der Waals surface area contributed by atoms with Gasteiger partial charge in [-0.25, -0.2) is 4.68 Å². The van der Waals surface area contributed by atoms with Gasteiger partial charge < -0.3 is 9.90 Å². The largest absolute Gasteiger partial charge is 0.550 e. The van der Waals surface area contributed by atoms with Crippen molar-refractivity contribution in [1.29, 1.82) is 0 Å². The van der Waals surface area contributed by atoms with Crippen LogP contribution in [0.15, 0.2) is 70.6 Å². The third-order valence-corrected chi connectivity index (χ3v) is 7.40. The van der Waals surface area contributed by atoms with Crippen LogP contribution in [0.3, 0.4) is 0 Å². The van der Waals surface area contributed by atoms with Gasteiger partial charge in [-0.15, -0.1) is 11.8 Å². The average Bonchev–Trinajstić information content (AvgIpc) is 3.36. The molecule has 0 radical (unpaired) electrons. The molecule has 0 atom stereocenters. The first-order chi connectivity index (χ1) is 16.5. The molecule has 9 heteroatoms. The van der Waals surface area contributed by atoms with E-state index in [1.165, 1.54) is 21.6 Å². The Labute approximate surface area is 212 Å². The van der Waals surface area contributed by atoms with Gasteiger partial charge in [0.25, 0.3) is 5.91 Å². The molecule has 1 saturated heterocycles. The molecule has 1 aromatic heterocycles. The molecule has 6 nitrogen and oxygen atoms in total. The van der Waals surface area contributed by atoms with E-state index in [0.717, 1.165) is 28.3 Å². The van der Waals surface area contributed by atoms with Gasteiger partial charge in [0.05, 0.1) is 16.3 Å². The third kappa shape index (κ3) is 5.60. The molecule has 0 bridgehead atoms. The van der Waals surface area contributed by atoms with Crippen molar-refractivity contribution in [3.8, 4) is 16.9 Å². The van der Waals surface area contributed by atoms with Crippen LogP contribution >= 0.6 is 35.7 Å². The van der Waals surface area contributed by atoms with E-state index in [1.807, 2.05) is 54.7 Å². The smallest absolute Gasteiger partial charge is 0.266 e. The molecule has 1 aliphatic rings. The van der Waals surface area contributed by atoms with E-state index < -0.39 is 5.97 Å². The molecule has 0 N–H and O–H groups in total. The summed E-state index contributed by atoms with van der Waals surface area (Å²) in [6, 6.07) is 18.0. The number of carbonyl (C=O) groups excluding carboxylic acids is 2. The molecule has 0 aliphatic carbocycles. The summed E-state index contributed by atoms with van der Waals surface area (Å²) in [5.41, 5.74) is 3.43. The number of aromatic nitrogens is 2. The van der Waals surface area contributed by atoms with Gasteiger partial charge in [0, 0.05) is 34.7 Å². The van der Waals surface area contributed by atoms with E-state index in [4.69, 9.17) is 17.3 Å². The number of carboxylic acid groups (broad SMARTS) is 1. The van der Waals surface area contributed by atoms with E-state index in [9.17, 15) is 14.7 Å². The zero-order chi connectivity index (χ0) is 24.1. The molecule has 1 fully saturated rings. The lowest BCUT2D eigenvalue weighted by Crippen LogP contribution is -2.30. The highest BCUT2D eigenvalue weighted by atomic mass is 32.2. The number of para-hydroxylation sites is 1. The second kappa shape index (κ2) is 11.0. The lowest BCUT2D eigenvalue weighted by molar-refractivity contribution is -0.305. The van der Waals surface area contributed by atoms with Crippen molar-refractivity contribution in [2.75, 3.05) is 12.3 Å². The van der Waals surface area contributed by atoms with Gasteiger partial charge in [-0.05, 0) is 48.9 Å². The Morgan fingerprint density at radius 1 is 1.18 bits per heavy atom. The Bertz CT molecular complexity index is 1240. The van der Waals surface area contributed by atoms with Crippen LogP contribution in [0.4, 0.5) is 0 Å². The number of benzene rings is 2. The monoisotopic (exact) mass is 508 g/mol. The van der Waals surface area contributed by atoms with Gasteiger partial charge in [0.15, 0.2) is 0 Å². The van der Waals surface area contributed by atoms with Crippen molar-refractivity contribution in [3.63, 3.8) is 0 Å². The molecule has 0 saturated carbocycles. The maximum atomic E-state index is 13.0. The first-order valence-electron chi connectivity index (χ1n) is 10.8. The van der Waals surface area contributed by atoms with Crippen molar-refractivity contribution in [2.24, 2.45) is 0 Å². The maximum absolute atomic E-state index is 13.0. The van der Waals surface area contributed by atoms with Crippen LogP contribution in [0, 0.1) is 0 Å². The van der Waals surface area contributed by atoms with E-state index >= 15 is 0 Å². The second-order valence-electron chi connectivity index (χ2n) is 7.48. The van der Waals surface area contributed by atoms with Gasteiger partial charge in [0.2, 0.25) is 0 Å². The number of thiocarbonyl (C=S) groups is 1. The quantitative estimate of drug-likeness (QED) is 0.241. The summed E-state index contributed by atoms with van der Waals surface area (Å²) >= 11 is 8.37. The summed E-state index contributed by atoms with van der Waals surface area (Å²) in [5, 5.41) is 15.5. The van der Waals surface area contributed by atoms with Crippen LogP contribution in [0.2, 0.25) is 0 Å². The predicted molar refractivity (Wildman–Crippen MR) is 140 cm³/mol. The van der Waals surface area contributed by atoms with Crippen LogP contribution in [0.1, 0.15) is 25.3 Å². The number of nitrogens with zero attached hydrogens (tertiary/aromatic N) is 3. The van der Waals surface area contributed by atoms with Crippen LogP contribution in [-0.2, 0) is 9.59 Å². The fourth-order valence-corrected chi connectivity index (χ4v) is 5.48. The number of hydrogen-bond acceptors (Lipinski definition) is 7. The average molecular weight is 509 g/mol. The third-order valence-electron chi connectivity index (χ3n) is 5.12. The number of thioether (sulfide) groups is 2. The predicted octanol–water partition coefficient (Wildman–Crippen LogP) is 4.38. The number of carboxylic acids is 1. The maximum Gasteiger partial charge on any atom is 0.266 e. The Morgan fingerprint density at radius 2 is 1.91 bits per heavy atom. The van der Waals surface area contributed by atoms with E-state index in [2.05, 4.69) is 19.1 Å². The number of amides is 1. The number of hydrogen-bond donors (Lipinski definition) is 0. The fourth-order valence-electron chi connectivity index (χ4n) is 3.52. The van der Waals surface area contributed by atoms with E-state index in [1.54, 1.807) is 16.4 Å². The van der Waals surface area contributed by atoms with E-state index in [-0.39, 0.29) is 18.9 Å². The highest BCUT2D eigenvalue weighted by Gasteiger charge is 2.32. The normalized spacial score (nSPS) is 14.9. The lowest BCUT2D eigenvalue weighted by Gasteiger charge is -2.14. The molecule has 2 aromatic carbocycles. The highest BCUT2D eigenvalue weighted by molar-refractivity contribution is 8.26. The number of rotatable bonds is 9. The number of carbonyl (C=O) groups is 2. The van der Waals surface area contributed by atoms with Gasteiger partial charge in [-0.3, -0.25) is 9.69 Å². The first kappa shape index (κ1) is 24.3. The first-order valence-corrected chi connectivity index (χ1v) is 13.0. The highest BCUT2D eigenvalue weighted by Crippen LogP contribution is 2.35. The molecule has 1 aliphatic heterocycles. The van der Waals surface area contributed by atoms with Gasteiger partial charge in [-0.1, -0.05) is 61.2 Å². The standard InChI is InChI=1S/C25H23N3O3S3/c1-2-33-20-12-10-17(11-13-20)23-18(16-28(26-23)19-7-4-3-5-8-19)15-21-24(31)27(25(32)34-21)14-6-9-22(29)30/h3-5,7-8,10-13,15-16H,2,6,9,14H2,1H3,(H,29,30)/p-1/b21-15-. The molecular formula is C25H22N3O3S3-. The molecule has 0 spiro atoms. The summed E-state index contributed by atoms with van der Waals surface area (Å²) in [6.45, 7) is 2.37. The van der Waals surface area contributed by atoms with Crippen molar-refractivity contribution in [2.45, 2.75) is 24.7 Å². The molecule has 34 heavy (non-hydrogen) atoms. The van der Waals surface area contributed by atoms with Crippen molar-refractivity contribution in [3.05, 3.63) is 71.3 Å². The fraction of sp³-hybridized carbons (Fsp3) is 0.200. The van der Waals surface area contributed by atoms with Crippen LogP contribution in [0.25, 0.3) is 23.0 Å². The van der Waals surface area contributed by atoms with Gasteiger partial charge >= 0.3 is 0 Å². The van der Waals surface area contributed by atoms with Crippen molar-refractivity contribution >= 4 is 58.0 Å². The molecule has 3 aromatic rings. The Kier molecular flexibility index (Phi) is 7.87. The lowest BCUT2D eigenvalue weighted by atomic mass is 10.1. The summed E-state index contributed by atoms with van der Waals surface area (Å²) in [7, 11) is 0. The summed E-state index contributed by atoms with van der Waals surface area (Å²) in [4.78, 5) is 26.8. The minimum Gasteiger partial charge on any atom is -0.550 e. The molecule has 1 amide bonds. The van der Waals surface area contributed by atoms with Crippen LogP contribution in [-0.4, -0.2) is 43.2 Å².